The zero-order valence-corrected chi connectivity index (χ0v) is 17.9. The maximum atomic E-state index is 12.4. The zero-order chi connectivity index (χ0) is 20.1. The molecular weight excluding hydrogens is 446 g/mol. The molecule has 3 rings (SSSR count). The van der Waals surface area contributed by atoms with Gasteiger partial charge in [-0.05, 0) is 48.5 Å². The SMILES string of the molecule is COc1ccc(N2CCN(C(=O)CNS(=O)(=O)c3ccc(Br)cc3)CC2)cc1. The summed E-state index contributed by atoms with van der Waals surface area (Å²) in [6.07, 6.45) is 0. The quantitative estimate of drug-likeness (QED) is 0.703. The van der Waals surface area contributed by atoms with E-state index in [9.17, 15) is 13.2 Å². The van der Waals surface area contributed by atoms with E-state index in [2.05, 4.69) is 25.6 Å². The van der Waals surface area contributed by atoms with E-state index in [-0.39, 0.29) is 17.3 Å². The summed E-state index contributed by atoms with van der Waals surface area (Å²) in [6.45, 7) is 2.23. The Morgan fingerprint density at radius 3 is 2.21 bits per heavy atom. The van der Waals surface area contributed by atoms with Crippen LogP contribution in [0.4, 0.5) is 5.69 Å². The number of nitrogens with one attached hydrogen (secondary N) is 1. The maximum absolute atomic E-state index is 12.4. The van der Waals surface area contributed by atoms with Crippen molar-refractivity contribution in [2.75, 3.05) is 44.7 Å². The Balaban J connectivity index is 1.51. The van der Waals surface area contributed by atoms with E-state index in [1.165, 1.54) is 12.1 Å². The van der Waals surface area contributed by atoms with Gasteiger partial charge in [0.1, 0.15) is 5.75 Å². The van der Waals surface area contributed by atoms with Gasteiger partial charge in [0.05, 0.1) is 18.6 Å². The number of piperazine rings is 1. The van der Waals surface area contributed by atoms with E-state index >= 15 is 0 Å². The summed E-state index contributed by atoms with van der Waals surface area (Å²) in [5.41, 5.74) is 1.07. The fourth-order valence-electron chi connectivity index (χ4n) is 2.97. The zero-order valence-electron chi connectivity index (χ0n) is 15.5. The van der Waals surface area contributed by atoms with Crippen LogP contribution in [-0.2, 0) is 14.8 Å². The monoisotopic (exact) mass is 467 g/mol. The second-order valence-corrected chi connectivity index (χ2v) is 9.03. The Kier molecular flexibility index (Phi) is 6.58. The van der Waals surface area contributed by atoms with Gasteiger partial charge in [-0.3, -0.25) is 4.79 Å². The van der Waals surface area contributed by atoms with Crippen LogP contribution in [0.5, 0.6) is 5.75 Å². The number of halogens is 1. The smallest absolute Gasteiger partial charge is 0.241 e. The van der Waals surface area contributed by atoms with Crippen molar-refractivity contribution in [2.24, 2.45) is 0 Å². The molecular formula is C19H22BrN3O4S. The van der Waals surface area contributed by atoms with Gasteiger partial charge in [-0.15, -0.1) is 0 Å². The third-order valence-corrected chi connectivity index (χ3v) is 6.55. The van der Waals surface area contributed by atoms with Gasteiger partial charge in [-0.1, -0.05) is 15.9 Å². The number of rotatable bonds is 6. The first-order valence-electron chi connectivity index (χ1n) is 8.81. The summed E-state index contributed by atoms with van der Waals surface area (Å²) in [7, 11) is -2.08. The van der Waals surface area contributed by atoms with Gasteiger partial charge in [0.25, 0.3) is 0 Å². The van der Waals surface area contributed by atoms with Crippen molar-refractivity contribution in [2.45, 2.75) is 4.90 Å². The molecule has 1 amide bonds. The minimum Gasteiger partial charge on any atom is -0.497 e. The maximum Gasteiger partial charge on any atom is 0.241 e. The number of ether oxygens (including phenoxy) is 1. The molecule has 1 aliphatic rings. The number of anilines is 1. The van der Waals surface area contributed by atoms with E-state index in [1.54, 1.807) is 24.1 Å². The van der Waals surface area contributed by atoms with Gasteiger partial charge in [0.15, 0.2) is 0 Å². The Labute approximate surface area is 173 Å². The van der Waals surface area contributed by atoms with E-state index in [4.69, 9.17) is 4.74 Å². The molecule has 2 aromatic carbocycles. The largest absolute Gasteiger partial charge is 0.497 e. The van der Waals surface area contributed by atoms with Crippen LogP contribution in [0.15, 0.2) is 57.9 Å². The predicted octanol–water partition coefficient (Wildman–Crippen LogP) is 2.08. The third kappa shape index (κ3) is 5.03. The molecule has 0 unspecified atom stereocenters. The number of amides is 1. The number of nitrogens with zero attached hydrogens (tertiary/aromatic N) is 2. The fraction of sp³-hybridized carbons (Fsp3) is 0.316. The molecule has 1 aliphatic heterocycles. The van der Waals surface area contributed by atoms with Crippen molar-refractivity contribution in [3.8, 4) is 5.75 Å². The number of carbonyl (C=O) groups excluding carboxylic acids is 1. The summed E-state index contributed by atoms with van der Waals surface area (Å²) in [5.74, 6) is 0.575. The lowest BCUT2D eigenvalue weighted by Crippen LogP contribution is -2.51. The molecule has 0 atom stereocenters. The first-order valence-corrected chi connectivity index (χ1v) is 11.1. The molecule has 0 spiro atoms. The van der Waals surface area contributed by atoms with Crippen LogP contribution >= 0.6 is 15.9 Å². The number of hydrogen-bond donors (Lipinski definition) is 1. The summed E-state index contributed by atoms with van der Waals surface area (Å²) in [5, 5.41) is 0. The van der Waals surface area contributed by atoms with Gasteiger partial charge >= 0.3 is 0 Å². The summed E-state index contributed by atoms with van der Waals surface area (Å²) < 4.78 is 33.0. The highest BCUT2D eigenvalue weighted by atomic mass is 79.9. The average molecular weight is 468 g/mol. The minimum absolute atomic E-state index is 0.132. The Morgan fingerprint density at radius 1 is 1.04 bits per heavy atom. The van der Waals surface area contributed by atoms with E-state index in [1.807, 2.05) is 24.3 Å². The fourth-order valence-corrected chi connectivity index (χ4v) is 4.21. The number of benzene rings is 2. The van der Waals surface area contributed by atoms with Gasteiger partial charge in [0, 0.05) is 36.3 Å². The van der Waals surface area contributed by atoms with Crippen molar-refractivity contribution in [3.05, 3.63) is 53.0 Å². The Bertz CT molecular complexity index is 909. The van der Waals surface area contributed by atoms with Crippen molar-refractivity contribution < 1.29 is 17.9 Å². The first-order chi connectivity index (χ1) is 13.4. The van der Waals surface area contributed by atoms with Crippen molar-refractivity contribution in [1.82, 2.24) is 9.62 Å². The van der Waals surface area contributed by atoms with Crippen LogP contribution in [0.3, 0.4) is 0 Å². The van der Waals surface area contributed by atoms with Gasteiger partial charge < -0.3 is 14.5 Å². The molecule has 0 saturated carbocycles. The van der Waals surface area contributed by atoms with E-state index in [0.717, 1.165) is 15.9 Å². The lowest BCUT2D eigenvalue weighted by Gasteiger charge is -2.36. The normalized spacial score (nSPS) is 14.8. The number of methoxy groups -OCH3 is 1. The molecule has 1 fully saturated rings. The average Bonchev–Trinajstić information content (AvgIpc) is 2.72. The van der Waals surface area contributed by atoms with Crippen LogP contribution in [0.1, 0.15) is 0 Å². The van der Waals surface area contributed by atoms with Crippen LogP contribution in [0.2, 0.25) is 0 Å². The number of carbonyl (C=O) groups is 1. The van der Waals surface area contributed by atoms with Crippen LogP contribution in [-0.4, -0.2) is 59.1 Å². The van der Waals surface area contributed by atoms with Crippen molar-refractivity contribution in [1.29, 1.82) is 0 Å². The minimum atomic E-state index is -3.71. The lowest BCUT2D eigenvalue weighted by molar-refractivity contribution is -0.130. The van der Waals surface area contributed by atoms with Gasteiger partial charge in [0.2, 0.25) is 15.9 Å². The summed E-state index contributed by atoms with van der Waals surface area (Å²) in [6, 6.07) is 14.1. The molecule has 0 aromatic heterocycles. The highest BCUT2D eigenvalue weighted by Crippen LogP contribution is 2.20. The number of hydrogen-bond acceptors (Lipinski definition) is 5. The standard InChI is InChI=1S/C19H22BrN3O4S/c1-27-17-6-4-16(5-7-17)22-10-12-23(13-11-22)19(24)14-21-28(25,26)18-8-2-15(20)3-9-18/h2-9,21H,10-14H2,1H3. The highest BCUT2D eigenvalue weighted by Gasteiger charge is 2.23. The molecule has 1 saturated heterocycles. The second-order valence-electron chi connectivity index (χ2n) is 6.34. The highest BCUT2D eigenvalue weighted by molar-refractivity contribution is 9.10. The molecule has 0 radical (unpaired) electrons. The van der Waals surface area contributed by atoms with Crippen LogP contribution in [0.25, 0.3) is 0 Å². The topological polar surface area (TPSA) is 79.0 Å². The molecule has 9 heteroatoms. The summed E-state index contributed by atoms with van der Waals surface area (Å²) >= 11 is 3.27. The molecule has 2 aromatic rings. The third-order valence-electron chi connectivity index (χ3n) is 4.61. The molecule has 1 N–H and O–H groups in total. The summed E-state index contributed by atoms with van der Waals surface area (Å²) in [4.78, 5) is 16.4. The molecule has 1 heterocycles. The van der Waals surface area contributed by atoms with Gasteiger partial charge in [-0.2, -0.15) is 0 Å². The number of sulfonamides is 1. The predicted molar refractivity (Wildman–Crippen MR) is 111 cm³/mol. The first kappa shape index (κ1) is 20.6. The van der Waals surface area contributed by atoms with E-state index < -0.39 is 10.0 Å². The molecule has 150 valence electrons. The molecule has 7 nitrogen and oxygen atoms in total. The van der Waals surface area contributed by atoms with Crippen molar-refractivity contribution in [3.63, 3.8) is 0 Å². The molecule has 0 bridgehead atoms. The Hall–Kier alpha value is -2.10. The second kappa shape index (κ2) is 8.93. The van der Waals surface area contributed by atoms with Crippen LogP contribution in [0, 0.1) is 0 Å². The van der Waals surface area contributed by atoms with E-state index in [0.29, 0.717) is 26.2 Å². The molecule has 0 aliphatic carbocycles. The molecule has 28 heavy (non-hydrogen) atoms. The lowest BCUT2D eigenvalue weighted by atomic mass is 10.2. The van der Waals surface area contributed by atoms with Crippen LogP contribution < -0.4 is 14.4 Å². The van der Waals surface area contributed by atoms with Gasteiger partial charge in [-0.25, -0.2) is 13.1 Å². The van der Waals surface area contributed by atoms with Crippen molar-refractivity contribution >= 4 is 37.5 Å². The Morgan fingerprint density at radius 2 is 1.64 bits per heavy atom.